The normalized spacial score (nSPS) is 16.3. The van der Waals surface area contributed by atoms with Crippen molar-refractivity contribution in [3.05, 3.63) is 88.5 Å². The summed E-state index contributed by atoms with van der Waals surface area (Å²) in [5.74, 6) is 7.76. The minimum Gasteiger partial charge on any atom is -0.497 e. The third-order valence-corrected chi connectivity index (χ3v) is 5.24. The van der Waals surface area contributed by atoms with Gasteiger partial charge in [-0.3, -0.25) is 0 Å². The average molecular weight is 334 g/mol. The number of rotatable bonds is 1. The smallest absolute Gasteiger partial charge is 0.118 e. The van der Waals surface area contributed by atoms with Gasteiger partial charge < -0.3 is 4.74 Å². The summed E-state index contributed by atoms with van der Waals surface area (Å²) in [6.07, 6.45) is 9.95. The Labute approximate surface area is 153 Å². The van der Waals surface area contributed by atoms with Gasteiger partial charge in [-0.2, -0.15) is 0 Å². The molecule has 3 aromatic carbocycles. The number of hydrogen-bond acceptors (Lipinski definition) is 1. The Morgan fingerprint density at radius 1 is 0.885 bits per heavy atom. The van der Waals surface area contributed by atoms with Gasteiger partial charge >= 0.3 is 0 Å². The monoisotopic (exact) mass is 334 g/mol. The predicted octanol–water partition coefficient (Wildman–Crippen LogP) is 5.58. The van der Waals surface area contributed by atoms with E-state index in [4.69, 9.17) is 4.74 Å². The lowest BCUT2D eigenvalue weighted by molar-refractivity contribution is 0.415. The van der Waals surface area contributed by atoms with Gasteiger partial charge in [0.25, 0.3) is 0 Å². The van der Waals surface area contributed by atoms with Crippen molar-refractivity contribution in [2.24, 2.45) is 0 Å². The molecule has 26 heavy (non-hydrogen) atoms. The van der Waals surface area contributed by atoms with Crippen LogP contribution < -0.4 is 4.74 Å². The van der Waals surface area contributed by atoms with Crippen LogP contribution in [0.2, 0.25) is 0 Å². The van der Waals surface area contributed by atoms with Crippen LogP contribution in [0.25, 0.3) is 22.9 Å². The first-order valence-corrected chi connectivity index (χ1v) is 8.92. The summed E-state index contributed by atoms with van der Waals surface area (Å²) in [6.45, 7) is 0. The molecule has 0 spiro atoms. The van der Waals surface area contributed by atoms with Crippen molar-refractivity contribution >= 4 is 22.9 Å². The van der Waals surface area contributed by atoms with Crippen molar-refractivity contribution in [2.75, 3.05) is 7.11 Å². The highest BCUT2D eigenvalue weighted by Crippen LogP contribution is 2.39. The molecule has 0 amide bonds. The van der Waals surface area contributed by atoms with E-state index >= 15 is 0 Å². The molecule has 5 rings (SSSR count). The van der Waals surface area contributed by atoms with Crippen LogP contribution in [0.5, 0.6) is 5.75 Å². The van der Waals surface area contributed by atoms with Crippen LogP contribution in [0.15, 0.2) is 60.7 Å². The molecule has 0 aromatic heterocycles. The molecule has 2 aliphatic carbocycles. The molecule has 1 unspecified atom stereocenters. The van der Waals surface area contributed by atoms with E-state index in [1.165, 1.54) is 33.0 Å². The van der Waals surface area contributed by atoms with Crippen molar-refractivity contribution in [3.63, 3.8) is 0 Å². The predicted molar refractivity (Wildman–Crippen MR) is 108 cm³/mol. The zero-order valence-corrected chi connectivity index (χ0v) is 14.6. The lowest BCUT2D eigenvalue weighted by Gasteiger charge is -2.22. The van der Waals surface area contributed by atoms with E-state index < -0.39 is 0 Å². The van der Waals surface area contributed by atoms with Crippen molar-refractivity contribution in [3.8, 4) is 17.6 Å². The van der Waals surface area contributed by atoms with Gasteiger partial charge in [0.1, 0.15) is 5.75 Å². The van der Waals surface area contributed by atoms with Crippen molar-refractivity contribution in [1.82, 2.24) is 0 Å². The first kappa shape index (κ1) is 15.0. The summed E-state index contributed by atoms with van der Waals surface area (Å²) >= 11 is 0. The number of ether oxygens (including phenoxy) is 1. The van der Waals surface area contributed by atoms with Gasteiger partial charge in [0, 0.05) is 5.56 Å². The molecule has 3 aromatic rings. The maximum atomic E-state index is 5.21. The number of allylic oxidation sites excluding steroid dienone is 2. The molecule has 0 N–H and O–H groups in total. The molecule has 1 heteroatoms. The number of hydrogen-bond donors (Lipinski definition) is 0. The highest BCUT2D eigenvalue weighted by Gasteiger charge is 2.20. The Morgan fingerprint density at radius 2 is 1.69 bits per heavy atom. The Balaban J connectivity index is 1.61. The van der Waals surface area contributed by atoms with Crippen LogP contribution >= 0.6 is 0 Å². The lowest BCUT2D eigenvalue weighted by Crippen LogP contribution is -2.03. The maximum absolute atomic E-state index is 5.21. The second-order valence-corrected chi connectivity index (χ2v) is 6.75. The van der Waals surface area contributed by atoms with Crippen molar-refractivity contribution in [2.45, 2.75) is 12.3 Å². The summed E-state index contributed by atoms with van der Waals surface area (Å²) < 4.78 is 5.21. The van der Waals surface area contributed by atoms with Gasteiger partial charge in [-0.1, -0.05) is 60.4 Å². The van der Waals surface area contributed by atoms with Crippen molar-refractivity contribution in [1.29, 1.82) is 0 Å². The molecule has 0 fully saturated rings. The highest BCUT2D eigenvalue weighted by atomic mass is 16.5. The Kier molecular flexibility index (Phi) is 3.43. The van der Waals surface area contributed by atoms with Crippen molar-refractivity contribution < 1.29 is 4.74 Å². The fourth-order valence-corrected chi connectivity index (χ4v) is 3.93. The summed E-state index contributed by atoms with van der Waals surface area (Å²) in [7, 11) is 1.68. The van der Waals surface area contributed by atoms with Crippen LogP contribution in [0, 0.1) is 11.8 Å². The van der Waals surface area contributed by atoms with Gasteiger partial charge in [0.05, 0.1) is 13.0 Å². The van der Waals surface area contributed by atoms with Gasteiger partial charge in [-0.15, -0.1) is 0 Å². The van der Waals surface area contributed by atoms with Crippen LogP contribution in [-0.4, -0.2) is 7.11 Å². The molecule has 0 aliphatic heterocycles. The third kappa shape index (κ3) is 2.35. The standard InChI is InChI=1S/C25H18O/c1-26-22-14-6-17(7-15-22)5-8-18-9-10-21-12-11-19-3-2-4-20-13-16-23(18)25(21)24(19)20/h2,4,6-7,9-16,18H,3H2,1H3. The van der Waals surface area contributed by atoms with Crippen LogP contribution in [0.3, 0.4) is 0 Å². The topological polar surface area (TPSA) is 9.23 Å². The Hall–Kier alpha value is -3.24. The van der Waals surface area contributed by atoms with E-state index in [0.29, 0.717) is 0 Å². The average Bonchev–Trinajstić information content (AvgIpc) is 2.71. The minimum absolute atomic E-state index is 0.125. The summed E-state index contributed by atoms with van der Waals surface area (Å²) in [4.78, 5) is 0. The van der Waals surface area contributed by atoms with Gasteiger partial charge in [-0.05, 0) is 63.7 Å². The molecule has 0 heterocycles. The zero-order valence-electron chi connectivity index (χ0n) is 14.6. The van der Waals surface area contributed by atoms with Gasteiger partial charge in [-0.25, -0.2) is 0 Å². The van der Waals surface area contributed by atoms with E-state index in [9.17, 15) is 0 Å². The third-order valence-electron chi connectivity index (χ3n) is 5.24. The molecule has 0 radical (unpaired) electrons. The largest absolute Gasteiger partial charge is 0.497 e. The first-order valence-electron chi connectivity index (χ1n) is 8.92. The second-order valence-electron chi connectivity index (χ2n) is 6.75. The molecule has 2 aliphatic rings. The summed E-state index contributed by atoms with van der Waals surface area (Å²) in [5.41, 5.74) is 6.37. The van der Waals surface area contributed by atoms with Crippen LogP contribution in [0.1, 0.15) is 33.7 Å². The number of methoxy groups -OCH3 is 1. The molecule has 1 atom stereocenters. The lowest BCUT2D eigenvalue weighted by atomic mass is 9.81. The van der Waals surface area contributed by atoms with E-state index in [1.807, 2.05) is 24.3 Å². The number of benzene rings is 3. The SMILES string of the molecule is COc1ccc(C#CC2C=Cc3ccc4c5c(ccc2c35)C=CC4)cc1. The van der Waals surface area contributed by atoms with E-state index in [0.717, 1.165) is 17.7 Å². The zero-order chi connectivity index (χ0) is 17.5. The van der Waals surface area contributed by atoms with E-state index in [-0.39, 0.29) is 5.92 Å². The molecule has 1 nitrogen and oxygen atoms in total. The quantitative estimate of drug-likeness (QED) is 0.528. The maximum Gasteiger partial charge on any atom is 0.118 e. The fourth-order valence-electron chi connectivity index (χ4n) is 3.93. The molecule has 0 saturated heterocycles. The van der Waals surface area contributed by atoms with Gasteiger partial charge in [0.15, 0.2) is 0 Å². The minimum atomic E-state index is 0.125. The van der Waals surface area contributed by atoms with Crippen LogP contribution in [0.4, 0.5) is 0 Å². The van der Waals surface area contributed by atoms with E-state index in [1.54, 1.807) is 7.11 Å². The van der Waals surface area contributed by atoms with Gasteiger partial charge in [0.2, 0.25) is 0 Å². The molecule has 0 bridgehead atoms. The molecular formula is C25H18O. The molecular weight excluding hydrogens is 316 g/mol. The highest BCUT2D eigenvalue weighted by molar-refractivity contribution is 6.03. The Bertz CT molecular complexity index is 1130. The molecule has 0 saturated carbocycles. The Morgan fingerprint density at radius 3 is 2.54 bits per heavy atom. The van der Waals surface area contributed by atoms with Crippen LogP contribution in [-0.2, 0) is 6.42 Å². The summed E-state index contributed by atoms with van der Waals surface area (Å²) in [6, 6.07) is 16.9. The fraction of sp³-hybridized carbons (Fsp3) is 0.120. The first-order chi connectivity index (χ1) is 12.8. The second kappa shape index (κ2) is 5.93. The van der Waals surface area contributed by atoms with E-state index in [2.05, 4.69) is 60.4 Å². The summed E-state index contributed by atoms with van der Waals surface area (Å²) in [5, 5.41) is 2.78. The molecule has 124 valence electrons.